The number of carbonyl (C=O) groups excluding carboxylic acids is 1. The molecule has 32 heavy (non-hydrogen) atoms. The number of carbonyl (C=O) groups is 1. The summed E-state index contributed by atoms with van der Waals surface area (Å²) in [6.45, 7) is 1.31. The van der Waals surface area contributed by atoms with Gasteiger partial charge in [0.15, 0.2) is 0 Å². The normalized spacial score (nSPS) is 15.8. The van der Waals surface area contributed by atoms with Crippen molar-refractivity contribution in [2.45, 2.75) is 10.9 Å². The van der Waals surface area contributed by atoms with Crippen molar-refractivity contribution in [3.05, 3.63) is 101 Å². The summed E-state index contributed by atoms with van der Waals surface area (Å²) < 4.78 is 32.6. The molecular weight excluding hydrogens is 448 g/mol. The van der Waals surface area contributed by atoms with E-state index in [4.69, 9.17) is 16.3 Å². The maximum absolute atomic E-state index is 13.2. The van der Waals surface area contributed by atoms with E-state index in [2.05, 4.69) is 5.32 Å². The van der Waals surface area contributed by atoms with Crippen molar-refractivity contribution in [1.29, 1.82) is 0 Å². The molecule has 3 aromatic carbocycles. The second kappa shape index (κ2) is 9.83. The van der Waals surface area contributed by atoms with Crippen LogP contribution in [0.5, 0.6) is 0 Å². The molecule has 0 aromatic heterocycles. The van der Waals surface area contributed by atoms with Crippen LogP contribution in [0.15, 0.2) is 83.8 Å². The van der Waals surface area contributed by atoms with Crippen molar-refractivity contribution < 1.29 is 17.9 Å². The van der Waals surface area contributed by atoms with Crippen molar-refractivity contribution >= 4 is 27.5 Å². The molecule has 1 aliphatic heterocycles. The number of nitrogens with zero attached hydrogens (tertiary/aromatic N) is 1. The Morgan fingerprint density at radius 2 is 1.56 bits per heavy atom. The van der Waals surface area contributed by atoms with E-state index >= 15 is 0 Å². The van der Waals surface area contributed by atoms with E-state index in [9.17, 15) is 13.2 Å². The molecule has 1 fully saturated rings. The molecule has 6 nitrogen and oxygen atoms in total. The van der Waals surface area contributed by atoms with Crippen LogP contribution in [0.1, 0.15) is 27.5 Å². The summed E-state index contributed by atoms with van der Waals surface area (Å²) in [4.78, 5) is 13.3. The van der Waals surface area contributed by atoms with Gasteiger partial charge in [0.1, 0.15) is 0 Å². The molecule has 1 saturated heterocycles. The van der Waals surface area contributed by atoms with Gasteiger partial charge in [-0.05, 0) is 41.5 Å². The first-order valence-electron chi connectivity index (χ1n) is 10.2. The molecular formula is C24H23ClN2O4S. The zero-order valence-corrected chi connectivity index (χ0v) is 18.9. The van der Waals surface area contributed by atoms with Crippen LogP contribution in [0.4, 0.5) is 0 Å². The Balaban J connectivity index is 1.61. The minimum Gasteiger partial charge on any atom is -0.379 e. The van der Waals surface area contributed by atoms with Crippen LogP contribution in [-0.2, 0) is 14.8 Å². The summed E-state index contributed by atoms with van der Waals surface area (Å²) >= 11 is 6.03. The number of hydrogen-bond acceptors (Lipinski definition) is 4. The quantitative estimate of drug-likeness (QED) is 0.593. The van der Waals surface area contributed by atoms with Crippen molar-refractivity contribution in [2.75, 3.05) is 26.3 Å². The Morgan fingerprint density at radius 1 is 0.906 bits per heavy atom. The number of ether oxygens (including phenoxy) is 1. The maximum Gasteiger partial charge on any atom is 0.252 e. The van der Waals surface area contributed by atoms with Gasteiger partial charge in [-0.2, -0.15) is 4.31 Å². The third kappa shape index (κ3) is 5.02. The average Bonchev–Trinajstić information content (AvgIpc) is 2.84. The molecule has 0 saturated carbocycles. The second-order valence-corrected chi connectivity index (χ2v) is 9.79. The molecule has 0 aliphatic carbocycles. The lowest BCUT2D eigenvalue weighted by Crippen LogP contribution is -2.40. The summed E-state index contributed by atoms with van der Waals surface area (Å²) in [5.41, 5.74) is 2.04. The summed E-state index contributed by atoms with van der Waals surface area (Å²) in [7, 11) is -3.70. The summed E-state index contributed by atoms with van der Waals surface area (Å²) in [5.74, 6) is -0.368. The smallest absolute Gasteiger partial charge is 0.252 e. The molecule has 1 atom stereocenters. The lowest BCUT2D eigenvalue weighted by Gasteiger charge is -2.26. The topological polar surface area (TPSA) is 75.7 Å². The molecule has 1 N–H and O–H groups in total. The first kappa shape index (κ1) is 22.5. The Bertz CT molecular complexity index is 1180. The number of hydrogen-bond donors (Lipinski definition) is 1. The van der Waals surface area contributed by atoms with Gasteiger partial charge in [0.05, 0.1) is 24.2 Å². The molecule has 1 amide bonds. The van der Waals surface area contributed by atoms with Crippen LogP contribution < -0.4 is 5.32 Å². The number of halogens is 1. The molecule has 1 unspecified atom stereocenters. The molecule has 0 bridgehead atoms. The van der Waals surface area contributed by atoms with Crippen LogP contribution in [0.25, 0.3) is 0 Å². The fraction of sp³-hybridized carbons (Fsp3) is 0.208. The van der Waals surface area contributed by atoms with Gasteiger partial charge in [-0.1, -0.05) is 60.1 Å². The number of sulfonamides is 1. The molecule has 1 heterocycles. The number of benzene rings is 3. The van der Waals surface area contributed by atoms with Crippen molar-refractivity contribution in [3.63, 3.8) is 0 Å². The number of morpholine rings is 1. The lowest BCUT2D eigenvalue weighted by atomic mass is 9.98. The Hall–Kier alpha value is -2.71. The summed E-state index contributed by atoms with van der Waals surface area (Å²) in [5, 5.41) is 3.64. The van der Waals surface area contributed by atoms with Crippen LogP contribution in [0.2, 0.25) is 5.02 Å². The summed E-state index contributed by atoms with van der Waals surface area (Å²) in [6, 6.07) is 22.5. The number of nitrogens with one attached hydrogen (secondary N) is 1. The van der Waals surface area contributed by atoms with Crippen molar-refractivity contribution in [3.8, 4) is 0 Å². The predicted octanol–water partition coefficient (Wildman–Crippen LogP) is 3.88. The fourth-order valence-corrected chi connectivity index (χ4v) is 5.19. The molecule has 4 rings (SSSR count). The van der Waals surface area contributed by atoms with Gasteiger partial charge in [0.2, 0.25) is 10.0 Å². The van der Waals surface area contributed by atoms with Crippen LogP contribution in [0.3, 0.4) is 0 Å². The fourth-order valence-electron chi connectivity index (χ4n) is 3.61. The maximum atomic E-state index is 13.2. The molecule has 8 heteroatoms. The Labute approximate surface area is 192 Å². The summed E-state index contributed by atoms with van der Waals surface area (Å²) in [6.07, 6.45) is 0. The minimum atomic E-state index is -3.70. The highest BCUT2D eigenvalue weighted by atomic mass is 35.5. The van der Waals surface area contributed by atoms with E-state index in [0.29, 0.717) is 31.3 Å². The lowest BCUT2D eigenvalue weighted by molar-refractivity contribution is 0.0730. The van der Waals surface area contributed by atoms with E-state index < -0.39 is 16.1 Å². The minimum absolute atomic E-state index is 0.0924. The predicted molar refractivity (Wildman–Crippen MR) is 123 cm³/mol. The van der Waals surface area contributed by atoms with E-state index in [-0.39, 0.29) is 16.4 Å². The van der Waals surface area contributed by atoms with E-state index in [1.165, 1.54) is 16.4 Å². The molecule has 1 aliphatic rings. The first-order valence-corrected chi connectivity index (χ1v) is 12.1. The SMILES string of the molecule is O=C(NC(c1ccccc1)c1ccc(Cl)cc1)c1cccc(S(=O)(=O)N2CCOCC2)c1. The zero-order chi connectivity index (χ0) is 22.6. The van der Waals surface area contributed by atoms with Crippen LogP contribution in [-0.4, -0.2) is 44.9 Å². The van der Waals surface area contributed by atoms with Gasteiger partial charge < -0.3 is 10.1 Å². The third-order valence-corrected chi connectivity index (χ3v) is 7.46. The van der Waals surface area contributed by atoms with Gasteiger partial charge in [-0.15, -0.1) is 0 Å². The van der Waals surface area contributed by atoms with Gasteiger partial charge in [-0.3, -0.25) is 4.79 Å². The van der Waals surface area contributed by atoms with E-state index in [0.717, 1.165) is 11.1 Å². The highest BCUT2D eigenvalue weighted by Crippen LogP contribution is 2.25. The van der Waals surface area contributed by atoms with Crippen LogP contribution in [0, 0.1) is 0 Å². The van der Waals surface area contributed by atoms with Gasteiger partial charge in [-0.25, -0.2) is 8.42 Å². The van der Waals surface area contributed by atoms with Gasteiger partial charge >= 0.3 is 0 Å². The highest BCUT2D eigenvalue weighted by molar-refractivity contribution is 7.89. The van der Waals surface area contributed by atoms with Crippen molar-refractivity contribution in [1.82, 2.24) is 9.62 Å². The molecule has 166 valence electrons. The van der Waals surface area contributed by atoms with E-state index in [1.807, 2.05) is 42.5 Å². The highest BCUT2D eigenvalue weighted by Gasteiger charge is 2.27. The number of amides is 1. The van der Waals surface area contributed by atoms with Crippen molar-refractivity contribution in [2.24, 2.45) is 0 Å². The monoisotopic (exact) mass is 470 g/mol. The Morgan fingerprint density at radius 3 is 2.25 bits per heavy atom. The largest absolute Gasteiger partial charge is 0.379 e. The van der Waals surface area contributed by atoms with Crippen LogP contribution >= 0.6 is 11.6 Å². The van der Waals surface area contributed by atoms with E-state index in [1.54, 1.807) is 24.3 Å². The Kier molecular flexibility index (Phi) is 6.91. The standard InChI is InChI=1S/C24H23ClN2O4S/c25-21-11-9-19(10-12-21)23(18-5-2-1-3-6-18)26-24(28)20-7-4-8-22(17-20)32(29,30)27-13-15-31-16-14-27/h1-12,17,23H,13-16H2,(H,26,28). The third-order valence-electron chi connectivity index (χ3n) is 5.32. The second-order valence-electron chi connectivity index (χ2n) is 7.41. The van der Waals surface area contributed by atoms with Gasteiger partial charge in [0.25, 0.3) is 5.91 Å². The van der Waals surface area contributed by atoms with Gasteiger partial charge in [0, 0.05) is 23.7 Å². The molecule has 0 radical (unpaired) electrons. The zero-order valence-electron chi connectivity index (χ0n) is 17.3. The number of rotatable bonds is 6. The average molecular weight is 471 g/mol. The molecule has 3 aromatic rings. The molecule has 0 spiro atoms. The first-order chi connectivity index (χ1) is 15.4.